The van der Waals surface area contributed by atoms with Crippen molar-refractivity contribution in [2.24, 2.45) is 0 Å². The van der Waals surface area contributed by atoms with E-state index in [1.165, 1.54) is 0 Å². The lowest BCUT2D eigenvalue weighted by Gasteiger charge is -2.22. The predicted molar refractivity (Wildman–Crippen MR) is 79.5 cm³/mol. The monoisotopic (exact) mass is 291 g/mol. The van der Waals surface area contributed by atoms with Crippen LogP contribution in [0.25, 0.3) is 0 Å². The smallest absolute Gasteiger partial charge is 0.387 e. The lowest BCUT2D eigenvalue weighted by molar-refractivity contribution is -0.0506. The summed E-state index contributed by atoms with van der Waals surface area (Å²) in [5, 5.41) is 3.40. The van der Waals surface area contributed by atoms with Gasteiger partial charge in [-0.05, 0) is 25.5 Å². The number of benzene rings is 2. The van der Waals surface area contributed by atoms with Crippen LogP contribution in [0.4, 0.5) is 8.78 Å². The van der Waals surface area contributed by atoms with Gasteiger partial charge in [-0.15, -0.1) is 0 Å². The first-order chi connectivity index (χ1) is 10.1. The number of hydrogen-bond acceptors (Lipinski definition) is 2. The highest BCUT2D eigenvalue weighted by molar-refractivity contribution is 5.36. The molecular weight excluding hydrogens is 272 g/mol. The van der Waals surface area contributed by atoms with Gasteiger partial charge in [0.2, 0.25) is 0 Å². The van der Waals surface area contributed by atoms with Crippen molar-refractivity contribution < 1.29 is 13.5 Å². The van der Waals surface area contributed by atoms with E-state index in [9.17, 15) is 8.78 Å². The average Bonchev–Trinajstić information content (AvgIpc) is 2.48. The first-order valence-electron chi connectivity index (χ1n) is 6.92. The van der Waals surface area contributed by atoms with E-state index in [0.29, 0.717) is 0 Å². The number of hydrogen-bond donors (Lipinski definition) is 1. The zero-order valence-corrected chi connectivity index (χ0v) is 12.1. The highest BCUT2D eigenvalue weighted by atomic mass is 19.3. The van der Waals surface area contributed by atoms with Gasteiger partial charge in [-0.3, -0.25) is 0 Å². The Bertz CT molecular complexity index is 560. The standard InChI is InChI=1S/C17H19F2NO/c1-12(14-8-4-3-5-9-14)20-13(2)15-10-6-7-11-16(15)21-17(18)19/h3-13,17,20H,1-2H3/t12-,13?/m0/s1. The third-order valence-corrected chi connectivity index (χ3v) is 3.40. The maximum absolute atomic E-state index is 12.4. The number of nitrogens with one attached hydrogen (secondary N) is 1. The summed E-state index contributed by atoms with van der Waals surface area (Å²) < 4.78 is 29.5. The molecule has 0 radical (unpaired) electrons. The Morgan fingerprint density at radius 3 is 2.14 bits per heavy atom. The molecule has 1 N–H and O–H groups in total. The van der Waals surface area contributed by atoms with Gasteiger partial charge in [0.05, 0.1) is 0 Å². The molecule has 0 bridgehead atoms. The van der Waals surface area contributed by atoms with Crippen LogP contribution in [-0.4, -0.2) is 6.61 Å². The van der Waals surface area contributed by atoms with Gasteiger partial charge in [0.1, 0.15) is 5.75 Å². The Hall–Kier alpha value is -1.94. The molecule has 0 saturated carbocycles. The van der Waals surface area contributed by atoms with Crippen molar-refractivity contribution in [3.63, 3.8) is 0 Å². The molecule has 0 aliphatic carbocycles. The Morgan fingerprint density at radius 1 is 0.857 bits per heavy atom. The van der Waals surface area contributed by atoms with Gasteiger partial charge in [0.15, 0.2) is 0 Å². The SMILES string of the molecule is CC(N[C@@H](C)c1ccccc1)c1ccccc1OC(F)F. The van der Waals surface area contributed by atoms with Crippen LogP contribution < -0.4 is 10.1 Å². The molecule has 112 valence electrons. The maximum Gasteiger partial charge on any atom is 0.387 e. The largest absolute Gasteiger partial charge is 0.434 e. The molecular formula is C17H19F2NO. The van der Waals surface area contributed by atoms with Crippen LogP contribution >= 0.6 is 0 Å². The molecule has 0 aromatic heterocycles. The molecule has 0 aliphatic heterocycles. The summed E-state index contributed by atoms with van der Waals surface area (Å²) >= 11 is 0. The van der Waals surface area contributed by atoms with Gasteiger partial charge >= 0.3 is 6.61 Å². The molecule has 1 unspecified atom stereocenters. The van der Waals surface area contributed by atoms with E-state index in [0.717, 1.165) is 11.1 Å². The van der Waals surface area contributed by atoms with Crippen molar-refractivity contribution in [3.8, 4) is 5.75 Å². The minimum atomic E-state index is -2.81. The normalized spacial score (nSPS) is 14.0. The molecule has 2 atom stereocenters. The topological polar surface area (TPSA) is 21.3 Å². The fraction of sp³-hybridized carbons (Fsp3) is 0.294. The molecule has 4 heteroatoms. The summed E-state index contributed by atoms with van der Waals surface area (Å²) in [7, 11) is 0. The molecule has 2 aromatic carbocycles. The molecule has 2 aromatic rings. The first-order valence-corrected chi connectivity index (χ1v) is 6.92. The van der Waals surface area contributed by atoms with Gasteiger partial charge in [0, 0.05) is 17.6 Å². The van der Waals surface area contributed by atoms with Crippen LogP contribution in [0.1, 0.15) is 37.1 Å². The molecule has 0 saturated heterocycles. The third-order valence-electron chi connectivity index (χ3n) is 3.40. The Kier molecular flexibility index (Phi) is 5.28. The lowest BCUT2D eigenvalue weighted by Crippen LogP contribution is -2.23. The Labute approximate surface area is 123 Å². The van der Waals surface area contributed by atoms with Crippen LogP contribution in [0, 0.1) is 0 Å². The highest BCUT2D eigenvalue weighted by Gasteiger charge is 2.16. The predicted octanol–water partition coefficient (Wildman–Crippen LogP) is 4.70. The number of para-hydroxylation sites is 1. The average molecular weight is 291 g/mol. The second-order valence-electron chi connectivity index (χ2n) is 4.94. The van der Waals surface area contributed by atoms with E-state index in [2.05, 4.69) is 10.1 Å². The zero-order chi connectivity index (χ0) is 15.2. The summed E-state index contributed by atoms with van der Waals surface area (Å²) in [6, 6.07) is 16.9. The molecule has 0 aliphatic rings. The first kappa shape index (κ1) is 15.4. The Morgan fingerprint density at radius 2 is 1.48 bits per heavy atom. The van der Waals surface area contributed by atoms with Crippen LogP contribution in [0.2, 0.25) is 0 Å². The summed E-state index contributed by atoms with van der Waals surface area (Å²) in [4.78, 5) is 0. The second-order valence-corrected chi connectivity index (χ2v) is 4.94. The van der Waals surface area contributed by atoms with E-state index in [1.807, 2.05) is 50.2 Å². The van der Waals surface area contributed by atoms with Gasteiger partial charge in [-0.2, -0.15) is 8.78 Å². The molecule has 0 amide bonds. The molecule has 0 spiro atoms. The van der Waals surface area contributed by atoms with Gasteiger partial charge in [0.25, 0.3) is 0 Å². The molecule has 2 rings (SSSR count). The van der Waals surface area contributed by atoms with E-state index in [4.69, 9.17) is 0 Å². The minimum Gasteiger partial charge on any atom is -0.434 e. The second kappa shape index (κ2) is 7.18. The quantitative estimate of drug-likeness (QED) is 0.833. The summed E-state index contributed by atoms with van der Waals surface area (Å²) in [6.45, 7) is 1.17. The van der Waals surface area contributed by atoms with Gasteiger partial charge in [-0.25, -0.2) is 0 Å². The third kappa shape index (κ3) is 4.26. The van der Waals surface area contributed by atoms with E-state index in [1.54, 1.807) is 18.2 Å². The lowest BCUT2D eigenvalue weighted by atomic mass is 10.0. The van der Waals surface area contributed by atoms with Crippen molar-refractivity contribution in [3.05, 3.63) is 65.7 Å². The summed E-state index contributed by atoms with van der Waals surface area (Å²) in [5.74, 6) is 0.216. The van der Waals surface area contributed by atoms with Gasteiger partial charge in [-0.1, -0.05) is 48.5 Å². The fourth-order valence-electron chi connectivity index (χ4n) is 2.34. The summed E-state index contributed by atoms with van der Waals surface area (Å²) in [6.07, 6.45) is 0. The summed E-state index contributed by atoms with van der Waals surface area (Å²) in [5.41, 5.74) is 1.87. The zero-order valence-electron chi connectivity index (χ0n) is 12.1. The molecule has 0 heterocycles. The Balaban J connectivity index is 2.11. The highest BCUT2D eigenvalue weighted by Crippen LogP contribution is 2.28. The molecule has 0 fully saturated rings. The fourth-order valence-corrected chi connectivity index (χ4v) is 2.34. The maximum atomic E-state index is 12.4. The van der Waals surface area contributed by atoms with Crippen LogP contribution in [-0.2, 0) is 0 Å². The molecule has 21 heavy (non-hydrogen) atoms. The van der Waals surface area contributed by atoms with Crippen LogP contribution in [0.15, 0.2) is 54.6 Å². The number of ether oxygens (including phenoxy) is 1. The van der Waals surface area contributed by atoms with E-state index >= 15 is 0 Å². The van der Waals surface area contributed by atoms with Crippen molar-refractivity contribution in [2.45, 2.75) is 32.5 Å². The minimum absolute atomic E-state index is 0.102. The van der Waals surface area contributed by atoms with Crippen LogP contribution in [0.5, 0.6) is 5.75 Å². The van der Waals surface area contributed by atoms with Gasteiger partial charge < -0.3 is 10.1 Å². The number of rotatable bonds is 6. The molecule has 2 nitrogen and oxygen atoms in total. The van der Waals surface area contributed by atoms with Crippen molar-refractivity contribution in [1.29, 1.82) is 0 Å². The number of halogens is 2. The van der Waals surface area contributed by atoms with Crippen molar-refractivity contribution in [1.82, 2.24) is 5.32 Å². The number of alkyl halides is 2. The van der Waals surface area contributed by atoms with E-state index < -0.39 is 6.61 Å². The van der Waals surface area contributed by atoms with Crippen molar-refractivity contribution >= 4 is 0 Å². The van der Waals surface area contributed by atoms with Crippen LogP contribution in [0.3, 0.4) is 0 Å². The van der Waals surface area contributed by atoms with E-state index in [-0.39, 0.29) is 17.8 Å². The van der Waals surface area contributed by atoms with Crippen molar-refractivity contribution in [2.75, 3.05) is 0 Å².